The lowest BCUT2D eigenvalue weighted by molar-refractivity contribution is 0.0953. The Balaban J connectivity index is 1.50. The van der Waals surface area contributed by atoms with Gasteiger partial charge in [0.05, 0.1) is 15.6 Å². The Bertz CT molecular complexity index is 1110. The number of aromatic nitrogens is 1. The molecule has 8 heteroatoms. The van der Waals surface area contributed by atoms with Gasteiger partial charge in [0.2, 0.25) is 0 Å². The molecule has 0 atom stereocenters. The molecular formula is C22H25N3O3S2. The Morgan fingerprint density at radius 3 is 2.43 bits per heavy atom. The fraction of sp³-hybridized carbons (Fsp3) is 0.273. The molecule has 2 aromatic carbocycles. The summed E-state index contributed by atoms with van der Waals surface area (Å²) in [6.07, 6.45) is 2.72. The zero-order chi connectivity index (χ0) is 21.6. The second-order valence-corrected chi connectivity index (χ2v) is 9.67. The first-order valence-electron chi connectivity index (χ1n) is 9.73. The molecule has 0 unspecified atom stereocenters. The summed E-state index contributed by atoms with van der Waals surface area (Å²) in [4.78, 5) is 16.8. The fourth-order valence-corrected chi connectivity index (χ4v) is 4.85. The third-order valence-electron chi connectivity index (χ3n) is 4.59. The summed E-state index contributed by atoms with van der Waals surface area (Å²) in [7, 11) is -3.71. The molecule has 0 aliphatic rings. The van der Waals surface area contributed by atoms with Crippen LogP contribution >= 0.6 is 11.3 Å². The largest absolute Gasteiger partial charge is 0.352 e. The zero-order valence-corrected chi connectivity index (χ0v) is 18.6. The van der Waals surface area contributed by atoms with Gasteiger partial charge in [0.15, 0.2) is 0 Å². The molecule has 1 amide bonds. The van der Waals surface area contributed by atoms with Gasteiger partial charge < -0.3 is 5.32 Å². The number of hydrogen-bond donors (Lipinski definition) is 2. The van der Waals surface area contributed by atoms with Crippen molar-refractivity contribution < 1.29 is 13.2 Å². The first-order valence-corrected chi connectivity index (χ1v) is 12.1. The molecule has 2 N–H and O–H groups in total. The molecule has 158 valence electrons. The molecule has 0 aliphatic carbocycles. The zero-order valence-electron chi connectivity index (χ0n) is 17.0. The smallest absolute Gasteiger partial charge is 0.261 e. The predicted molar refractivity (Wildman–Crippen MR) is 121 cm³/mol. The maximum Gasteiger partial charge on any atom is 0.261 e. The van der Waals surface area contributed by atoms with Crippen LogP contribution in [0.3, 0.4) is 0 Å². The lowest BCUT2D eigenvalue weighted by Gasteiger charge is -2.11. The van der Waals surface area contributed by atoms with Gasteiger partial charge in [-0.3, -0.25) is 9.52 Å². The van der Waals surface area contributed by atoms with Crippen LogP contribution in [-0.4, -0.2) is 25.9 Å². The molecule has 0 bridgehead atoms. The van der Waals surface area contributed by atoms with E-state index in [0.29, 0.717) is 17.8 Å². The quantitative estimate of drug-likeness (QED) is 0.482. The number of aryl methyl sites for hydroxylation is 3. The third kappa shape index (κ3) is 5.90. The van der Waals surface area contributed by atoms with Gasteiger partial charge in [-0.05, 0) is 69.0 Å². The van der Waals surface area contributed by atoms with Crippen molar-refractivity contribution in [1.29, 1.82) is 0 Å². The van der Waals surface area contributed by atoms with Crippen LogP contribution in [0.2, 0.25) is 0 Å². The number of carbonyl (C=O) groups is 1. The molecule has 1 heterocycles. The van der Waals surface area contributed by atoms with Crippen molar-refractivity contribution in [3.63, 3.8) is 0 Å². The van der Waals surface area contributed by atoms with Gasteiger partial charge in [-0.25, -0.2) is 13.4 Å². The molecule has 3 rings (SSSR count). The monoisotopic (exact) mass is 443 g/mol. The van der Waals surface area contributed by atoms with E-state index in [-0.39, 0.29) is 10.8 Å². The van der Waals surface area contributed by atoms with Crippen molar-refractivity contribution in [1.82, 2.24) is 10.3 Å². The molecule has 0 saturated heterocycles. The minimum atomic E-state index is -3.71. The summed E-state index contributed by atoms with van der Waals surface area (Å²) in [5.41, 5.74) is 2.84. The Morgan fingerprint density at radius 2 is 1.77 bits per heavy atom. The van der Waals surface area contributed by atoms with Gasteiger partial charge in [0.25, 0.3) is 15.9 Å². The molecule has 0 saturated carbocycles. The van der Waals surface area contributed by atoms with Crippen LogP contribution in [-0.2, 0) is 16.4 Å². The van der Waals surface area contributed by atoms with Crippen LogP contribution in [0.4, 0.5) is 5.69 Å². The molecule has 30 heavy (non-hydrogen) atoms. The van der Waals surface area contributed by atoms with Crippen LogP contribution in [0.25, 0.3) is 0 Å². The Labute approximate surface area is 181 Å². The number of thiazole rings is 1. The fourth-order valence-electron chi connectivity index (χ4n) is 2.90. The summed E-state index contributed by atoms with van der Waals surface area (Å²) < 4.78 is 27.7. The molecule has 0 fully saturated rings. The molecule has 6 nitrogen and oxygen atoms in total. The SMILES string of the molecule is Cc1csc(CCCCNC(=O)c2ccc(S(=O)(=O)Nc3ccccc3C)cc2)n1. The first-order chi connectivity index (χ1) is 14.3. The van der Waals surface area contributed by atoms with E-state index in [2.05, 4.69) is 15.0 Å². The highest BCUT2D eigenvalue weighted by Crippen LogP contribution is 2.19. The number of para-hydroxylation sites is 1. The third-order valence-corrected chi connectivity index (χ3v) is 6.99. The van der Waals surface area contributed by atoms with E-state index in [0.717, 1.165) is 35.5 Å². The van der Waals surface area contributed by atoms with Gasteiger partial charge in [-0.2, -0.15) is 0 Å². The topological polar surface area (TPSA) is 88.2 Å². The van der Waals surface area contributed by atoms with Gasteiger partial charge >= 0.3 is 0 Å². The number of nitrogens with one attached hydrogen (secondary N) is 2. The normalized spacial score (nSPS) is 11.3. The van der Waals surface area contributed by atoms with Crippen molar-refractivity contribution in [2.45, 2.75) is 38.0 Å². The van der Waals surface area contributed by atoms with E-state index in [1.54, 1.807) is 23.5 Å². The van der Waals surface area contributed by atoms with Gasteiger partial charge in [0.1, 0.15) is 0 Å². The summed E-state index contributed by atoms with van der Waals surface area (Å²) in [5, 5.41) is 6.03. The van der Waals surface area contributed by atoms with Crippen LogP contribution in [0, 0.1) is 13.8 Å². The van der Waals surface area contributed by atoms with E-state index < -0.39 is 10.0 Å². The number of rotatable bonds is 9. The van der Waals surface area contributed by atoms with Crippen molar-refractivity contribution in [3.8, 4) is 0 Å². The summed E-state index contributed by atoms with van der Waals surface area (Å²) in [6, 6.07) is 13.1. The highest BCUT2D eigenvalue weighted by Gasteiger charge is 2.16. The molecular weight excluding hydrogens is 418 g/mol. The van der Waals surface area contributed by atoms with Crippen molar-refractivity contribution >= 4 is 33.0 Å². The van der Waals surface area contributed by atoms with E-state index in [4.69, 9.17) is 0 Å². The van der Waals surface area contributed by atoms with Crippen LogP contribution in [0.5, 0.6) is 0 Å². The van der Waals surface area contributed by atoms with E-state index in [9.17, 15) is 13.2 Å². The number of anilines is 1. The minimum Gasteiger partial charge on any atom is -0.352 e. The van der Waals surface area contributed by atoms with Gasteiger partial charge in [-0.1, -0.05) is 18.2 Å². The highest BCUT2D eigenvalue weighted by molar-refractivity contribution is 7.92. The van der Waals surface area contributed by atoms with Gasteiger partial charge in [0, 0.05) is 23.2 Å². The molecule has 1 aromatic heterocycles. The number of carbonyl (C=O) groups excluding carboxylic acids is 1. The number of benzene rings is 2. The standard InChI is InChI=1S/C22H25N3O3S2/c1-16-7-3-4-8-20(16)25-30(27,28)19-12-10-18(11-13-19)22(26)23-14-6-5-9-21-24-17(2)15-29-21/h3-4,7-8,10-13,15,25H,5-6,9,14H2,1-2H3,(H,23,26). The van der Waals surface area contributed by atoms with Crippen molar-refractivity contribution in [2.24, 2.45) is 0 Å². The average Bonchev–Trinajstić information content (AvgIpc) is 3.14. The molecule has 3 aromatic rings. The lowest BCUT2D eigenvalue weighted by atomic mass is 10.2. The number of amides is 1. The van der Waals surface area contributed by atoms with E-state index in [1.807, 2.05) is 31.4 Å². The number of nitrogens with zero attached hydrogens (tertiary/aromatic N) is 1. The van der Waals surface area contributed by atoms with Crippen molar-refractivity contribution in [2.75, 3.05) is 11.3 Å². The van der Waals surface area contributed by atoms with Crippen LogP contribution in [0.1, 0.15) is 39.5 Å². The number of sulfonamides is 1. The minimum absolute atomic E-state index is 0.112. The van der Waals surface area contributed by atoms with E-state index in [1.165, 1.54) is 24.3 Å². The molecule has 0 radical (unpaired) electrons. The summed E-state index contributed by atoms with van der Waals surface area (Å²) >= 11 is 1.66. The summed E-state index contributed by atoms with van der Waals surface area (Å²) in [5.74, 6) is -0.212. The van der Waals surface area contributed by atoms with Crippen molar-refractivity contribution in [3.05, 3.63) is 75.7 Å². The number of hydrogen-bond acceptors (Lipinski definition) is 5. The maximum atomic E-state index is 12.6. The Hall–Kier alpha value is -2.71. The van der Waals surface area contributed by atoms with Crippen LogP contribution < -0.4 is 10.0 Å². The highest BCUT2D eigenvalue weighted by atomic mass is 32.2. The average molecular weight is 444 g/mol. The molecule has 0 spiro atoms. The Kier molecular flexibility index (Phi) is 7.23. The maximum absolute atomic E-state index is 12.6. The summed E-state index contributed by atoms with van der Waals surface area (Å²) in [6.45, 7) is 4.39. The number of unbranched alkanes of at least 4 members (excludes halogenated alkanes) is 1. The molecule has 0 aliphatic heterocycles. The second-order valence-electron chi connectivity index (χ2n) is 7.04. The Morgan fingerprint density at radius 1 is 1.03 bits per heavy atom. The second kappa shape index (κ2) is 9.86. The van der Waals surface area contributed by atoms with Crippen LogP contribution in [0.15, 0.2) is 58.8 Å². The van der Waals surface area contributed by atoms with Gasteiger partial charge in [-0.15, -0.1) is 11.3 Å². The van der Waals surface area contributed by atoms with E-state index >= 15 is 0 Å². The lowest BCUT2D eigenvalue weighted by Crippen LogP contribution is -2.24. The first kappa shape index (κ1) is 22.0. The predicted octanol–water partition coefficient (Wildman–Crippen LogP) is 4.31.